The Labute approximate surface area is 130 Å². The molecule has 3 rings (SSSR count). The predicted octanol–water partition coefficient (Wildman–Crippen LogP) is 3.85. The monoisotopic (exact) mass is 318 g/mol. The molecule has 4 nitrogen and oxygen atoms in total. The molecule has 0 aliphatic heterocycles. The first-order valence-corrected chi connectivity index (χ1v) is 7.63. The average molecular weight is 319 g/mol. The minimum atomic E-state index is -0.305. The fourth-order valence-corrected chi connectivity index (χ4v) is 2.86. The molecule has 0 saturated heterocycles. The molecule has 6 heteroatoms. The molecule has 2 aromatic carbocycles. The molecule has 0 unspecified atom stereocenters. The number of alkyl halides is 1. The van der Waals surface area contributed by atoms with Crippen molar-refractivity contribution in [2.24, 2.45) is 0 Å². The van der Waals surface area contributed by atoms with Crippen LogP contribution in [0.1, 0.15) is 0 Å². The molecular formula is C15H11ClN2O2S. The number of hydrogen-bond donors (Lipinski definition) is 2. The number of halogens is 1. The third-order valence-corrected chi connectivity index (χ3v) is 4.05. The van der Waals surface area contributed by atoms with E-state index in [1.165, 1.54) is 11.3 Å². The molecule has 106 valence electrons. The Hall–Kier alpha value is -2.11. The molecule has 0 saturated carbocycles. The number of benzene rings is 2. The van der Waals surface area contributed by atoms with Gasteiger partial charge in [0.1, 0.15) is 11.6 Å². The Morgan fingerprint density at radius 2 is 2.10 bits per heavy atom. The van der Waals surface area contributed by atoms with Crippen LogP contribution in [0.5, 0.6) is 5.75 Å². The molecule has 0 radical (unpaired) electrons. The molecule has 1 aromatic heterocycles. The van der Waals surface area contributed by atoms with Gasteiger partial charge in [-0.3, -0.25) is 4.79 Å². The van der Waals surface area contributed by atoms with E-state index in [2.05, 4.69) is 10.3 Å². The summed E-state index contributed by atoms with van der Waals surface area (Å²) in [5.41, 5.74) is 1.25. The zero-order valence-electron chi connectivity index (χ0n) is 10.8. The van der Waals surface area contributed by atoms with Crippen LogP contribution in [-0.4, -0.2) is 21.9 Å². The molecule has 0 spiro atoms. The molecule has 0 fully saturated rings. The average Bonchev–Trinajstić information content (AvgIpc) is 2.96. The molecule has 3 aromatic rings. The van der Waals surface area contributed by atoms with Crippen LogP contribution in [-0.2, 0) is 4.79 Å². The number of anilines is 1. The summed E-state index contributed by atoms with van der Waals surface area (Å²) < 4.78 is 0. The molecule has 0 atom stereocenters. The number of thiazole rings is 1. The van der Waals surface area contributed by atoms with Crippen molar-refractivity contribution in [3.8, 4) is 17.0 Å². The molecule has 0 aliphatic carbocycles. The maximum Gasteiger partial charge on any atom is 0.241 e. The van der Waals surface area contributed by atoms with Gasteiger partial charge < -0.3 is 10.4 Å². The summed E-state index contributed by atoms with van der Waals surface area (Å²) in [4.78, 5) is 15.5. The first kappa shape index (κ1) is 13.9. The molecule has 1 amide bonds. The predicted molar refractivity (Wildman–Crippen MR) is 86.1 cm³/mol. The van der Waals surface area contributed by atoms with Crippen molar-refractivity contribution in [1.82, 2.24) is 4.98 Å². The fraction of sp³-hybridized carbons (Fsp3) is 0.0667. The topological polar surface area (TPSA) is 62.2 Å². The lowest BCUT2D eigenvalue weighted by Gasteiger charge is -2.05. The van der Waals surface area contributed by atoms with Gasteiger partial charge in [0.15, 0.2) is 5.13 Å². The third-order valence-electron chi connectivity index (χ3n) is 3.05. The summed E-state index contributed by atoms with van der Waals surface area (Å²) in [6, 6.07) is 11.3. The van der Waals surface area contributed by atoms with E-state index in [0.717, 1.165) is 10.8 Å². The Morgan fingerprint density at radius 1 is 1.29 bits per heavy atom. The molecule has 2 N–H and O–H groups in total. The van der Waals surface area contributed by atoms with Crippen molar-refractivity contribution in [3.63, 3.8) is 0 Å². The van der Waals surface area contributed by atoms with Gasteiger partial charge in [-0.25, -0.2) is 4.98 Å². The van der Waals surface area contributed by atoms with E-state index in [1.807, 2.05) is 36.4 Å². The van der Waals surface area contributed by atoms with E-state index in [4.69, 9.17) is 11.6 Å². The Kier molecular flexibility index (Phi) is 3.77. The summed E-state index contributed by atoms with van der Waals surface area (Å²) in [5, 5.41) is 17.0. The molecule has 0 aliphatic rings. The van der Waals surface area contributed by atoms with Crippen LogP contribution >= 0.6 is 22.9 Å². The van der Waals surface area contributed by atoms with Crippen LogP contribution in [0.25, 0.3) is 22.0 Å². The van der Waals surface area contributed by atoms with E-state index in [9.17, 15) is 9.90 Å². The van der Waals surface area contributed by atoms with E-state index in [-0.39, 0.29) is 17.5 Å². The largest absolute Gasteiger partial charge is 0.507 e. The Balaban J connectivity index is 2.01. The Morgan fingerprint density at radius 3 is 2.90 bits per heavy atom. The maximum absolute atomic E-state index is 11.2. The number of nitrogens with one attached hydrogen (secondary N) is 1. The zero-order valence-corrected chi connectivity index (χ0v) is 12.4. The number of amides is 1. The van der Waals surface area contributed by atoms with E-state index in [1.54, 1.807) is 5.38 Å². The summed E-state index contributed by atoms with van der Waals surface area (Å²) in [6.07, 6.45) is 0. The number of fused-ring (bicyclic) bond motifs is 1. The van der Waals surface area contributed by atoms with Gasteiger partial charge in [-0.2, -0.15) is 0 Å². The van der Waals surface area contributed by atoms with Crippen molar-refractivity contribution < 1.29 is 9.90 Å². The summed E-state index contributed by atoms with van der Waals surface area (Å²) in [6.45, 7) is 0. The highest BCUT2D eigenvalue weighted by molar-refractivity contribution is 7.14. The normalized spacial score (nSPS) is 10.7. The number of nitrogens with zero attached hydrogens (tertiary/aromatic N) is 1. The number of phenols is 1. The fourth-order valence-electron chi connectivity index (χ4n) is 2.07. The second-order valence-electron chi connectivity index (χ2n) is 4.40. The van der Waals surface area contributed by atoms with Crippen molar-refractivity contribution in [2.45, 2.75) is 0 Å². The SMILES string of the molecule is O=C(CCl)Nc1nc(-c2ccc3ccccc3c2O)cs1. The lowest BCUT2D eigenvalue weighted by atomic mass is 10.0. The van der Waals surface area contributed by atoms with Crippen molar-refractivity contribution in [3.05, 3.63) is 41.8 Å². The highest BCUT2D eigenvalue weighted by Gasteiger charge is 2.12. The van der Waals surface area contributed by atoms with Crippen LogP contribution in [0.2, 0.25) is 0 Å². The van der Waals surface area contributed by atoms with Crippen LogP contribution < -0.4 is 5.32 Å². The second-order valence-corrected chi connectivity index (χ2v) is 5.53. The standard InChI is InChI=1S/C15H11ClN2O2S/c16-7-13(19)18-15-17-12(8-21-15)11-6-5-9-3-1-2-4-10(9)14(11)20/h1-6,8,20H,7H2,(H,17,18,19). The minimum Gasteiger partial charge on any atom is -0.507 e. The first-order valence-electron chi connectivity index (χ1n) is 6.21. The van der Waals surface area contributed by atoms with Crippen LogP contribution in [0.4, 0.5) is 5.13 Å². The van der Waals surface area contributed by atoms with Gasteiger partial charge >= 0.3 is 0 Å². The summed E-state index contributed by atoms with van der Waals surface area (Å²) in [5.74, 6) is -0.232. The smallest absolute Gasteiger partial charge is 0.241 e. The molecule has 0 bridgehead atoms. The quantitative estimate of drug-likeness (QED) is 0.721. The van der Waals surface area contributed by atoms with Gasteiger partial charge in [0.05, 0.1) is 5.69 Å². The van der Waals surface area contributed by atoms with Crippen molar-refractivity contribution in [2.75, 3.05) is 11.2 Å². The number of carbonyl (C=O) groups excluding carboxylic acids is 1. The molecule has 21 heavy (non-hydrogen) atoms. The maximum atomic E-state index is 11.2. The number of aromatic nitrogens is 1. The molecule has 1 heterocycles. The van der Waals surface area contributed by atoms with E-state index < -0.39 is 0 Å². The summed E-state index contributed by atoms with van der Waals surface area (Å²) in [7, 11) is 0. The van der Waals surface area contributed by atoms with Crippen LogP contribution in [0, 0.1) is 0 Å². The highest BCUT2D eigenvalue weighted by Crippen LogP contribution is 2.36. The second kappa shape index (κ2) is 5.71. The van der Waals surface area contributed by atoms with Crippen LogP contribution in [0.3, 0.4) is 0 Å². The number of hydrogen-bond acceptors (Lipinski definition) is 4. The van der Waals surface area contributed by atoms with Crippen molar-refractivity contribution >= 4 is 44.7 Å². The van der Waals surface area contributed by atoms with Crippen LogP contribution in [0.15, 0.2) is 41.8 Å². The highest BCUT2D eigenvalue weighted by atomic mass is 35.5. The zero-order chi connectivity index (χ0) is 14.8. The van der Waals surface area contributed by atoms with Gasteiger partial charge in [-0.15, -0.1) is 22.9 Å². The van der Waals surface area contributed by atoms with Gasteiger partial charge in [-0.05, 0) is 11.5 Å². The lowest BCUT2D eigenvalue weighted by Crippen LogP contribution is -2.12. The minimum absolute atomic E-state index is 0.115. The van der Waals surface area contributed by atoms with Gasteiger partial charge in [0.25, 0.3) is 0 Å². The molecular weight excluding hydrogens is 308 g/mol. The number of phenolic OH excluding ortho intramolecular Hbond substituents is 1. The Bertz CT molecular complexity index is 816. The number of rotatable bonds is 3. The van der Waals surface area contributed by atoms with Gasteiger partial charge in [-0.1, -0.05) is 30.3 Å². The first-order chi connectivity index (χ1) is 10.2. The third kappa shape index (κ3) is 2.70. The lowest BCUT2D eigenvalue weighted by molar-refractivity contribution is -0.113. The number of aromatic hydroxyl groups is 1. The van der Waals surface area contributed by atoms with Crippen molar-refractivity contribution in [1.29, 1.82) is 0 Å². The number of carbonyl (C=O) groups is 1. The van der Waals surface area contributed by atoms with E-state index >= 15 is 0 Å². The van der Waals surface area contributed by atoms with Gasteiger partial charge in [0.2, 0.25) is 5.91 Å². The van der Waals surface area contributed by atoms with E-state index in [0.29, 0.717) is 16.4 Å². The van der Waals surface area contributed by atoms with Gasteiger partial charge in [0, 0.05) is 16.3 Å². The summed E-state index contributed by atoms with van der Waals surface area (Å²) >= 11 is 6.73.